The van der Waals surface area contributed by atoms with Crippen molar-refractivity contribution in [2.24, 2.45) is 5.92 Å². The topological polar surface area (TPSA) is 68.3 Å². The van der Waals surface area contributed by atoms with Gasteiger partial charge in [0.25, 0.3) is 0 Å². The maximum Gasteiger partial charge on any atom is 0.306 e. The summed E-state index contributed by atoms with van der Waals surface area (Å²) in [4.78, 5) is 28.8. The molecule has 1 N–H and O–H groups in total. The van der Waals surface area contributed by atoms with Gasteiger partial charge in [-0.15, -0.1) is 11.3 Å². The monoisotopic (exact) mass is 324 g/mol. The number of hydrogen-bond donors (Lipinski definition) is 1. The molecule has 1 aromatic heterocycles. The number of ether oxygens (including phenoxy) is 1. The molecule has 0 fully saturated rings. The zero-order valence-electron chi connectivity index (χ0n) is 13.7. The van der Waals surface area contributed by atoms with E-state index in [9.17, 15) is 9.59 Å². The maximum atomic E-state index is 11.9. The summed E-state index contributed by atoms with van der Waals surface area (Å²) in [6.45, 7) is 7.17. The Kier molecular flexibility index (Phi) is 5.21. The first-order valence-electron chi connectivity index (χ1n) is 7.71. The van der Waals surface area contributed by atoms with Crippen molar-refractivity contribution < 1.29 is 14.3 Å². The second-order valence-corrected chi connectivity index (χ2v) is 7.89. The number of aromatic nitrogens is 1. The third kappa shape index (κ3) is 5.09. The quantitative estimate of drug-likeness (QED) is 0.684. The van der Waals surface area contributed by atoms with Crippen LogP contribution in [0.25, 0.3) is 0 Å². The van der Waals surface area contributed by atoms with Gasteiger partial charge in [0, 0.05) is 18.2 Å². The Balaban J connectivity index is 1.90. The fraction of sp³-hybridized carbons (Fsp3) is 0.688. The van der Waals surface area contributed by atoms with Crippen molar-refractivity contribution in [3.8, 4) is 0 Å². The first-order valence-corrected chi connectivity index (χ1v) is 8.52. The largest absolute Gasteiger partial charge is 0.460 e. The van der Waals surface area contributed by atoms with Crippen molar-refractivity contribution in [1.29, 1.82) is 0 Å². The second-order valence-electron chi connectivity index (χ2n) is 6.80. The molecule has 1 amide bonds. The van der Waals surface area contributed by atoms with Crippen LogP contribution >= 0.6 is 11.3 Å². The van der Waals surface area contributed by atoms with Crippen LogP contribution in [0.3, 0.4) is 0 Å². The highest BCUT2D eigenvalue weighted by Crippen LogP contribution is 2.32. The predicted octanol–water partition coefficient (Wildman–Crippen LogP) is 3.33. The molecule has 122 valence electrons. The summed E-state index contributed by atoms with van der Waals surface area (Å²) < 4.78 is 5.40. The lowest BCUT2D eigenvalue weighted by Crippen LogP contribution is -2.25. The molecule has 0 bridgehead atoms. The van der Waals surface area contributed by atoms with E-state index in [1.54, 1.807) is 11.3 Å². The smallest absolute Gasteiger partial charge is 0.306 e. The van der Waals surface area contributed by atoms with E-state index in [0.717, 1.165) is 31.4 Å². The van der Waals surface area contributed by atoms with E-state index in [2.05, 4.69) is 10.3 Å². The van der Waals surface area contributed by atoms with Crippen LogP contribution in [-0.2, 0) is 27.2 Å². The molecule has 2 rings (SSSR count). The number of nitrogens with one attached hydrogen (secondary N) is 1. The second kappa shape index (κ2) is 6.77. The number of fused-ring (bicyclic) bond motifs is 1. The van der Waals surface area contributed by atoms with Crippen LogP contribution in [0.1, 0.15) is 57.5 Å². The lowest BCUT2D eigenvalue weighted by Gasteiger charge is -2.21. The number of thiazole rings is 1. The molecule has 5 nitrogen and oxygen atoms in total. The molecule has 0 radical (unpaired) electrons. The molecule has 1 heterocycles. The Bertz CT molecular complexity index is 535. The fourth-order valence-corrected chi connectivity index (χ4v) is 3.69. The molecule has 1 aromatic rings. The van der Waals surface area contributed by atoms with E-state index in [1.807, 2.05) is 20.8 Å². The van der Waals surface area contributed by atoms with Crippen LogP contribution in [0.4, 0.5) is 5.13 Å². The number of amides is 1. The molecular formula is C16H24N2O3S. The van der Waals surface area contributed by atoms with Crippen LogP contribution < -0.4 is 5.32 Å². The van der Waals surface area contributed by atoms with Crippen molar-refractivity contribution in [3.63, 3.8) is 0 Å². The summed E-state index contributed by atoms with van der Waals surface area (Å²) in [7, 11) is 0. The predicted molar refractivity (Wildman–Crippen MR) is 87.0 cm³/mol. The molecule has 0 spiro atoms. The molecule has 1 unspecified atom stereocenters. The van der Waals surface area contributed by atoms with E-state index in [1.165, 1.54) is 11.8 Å². The Hall–Kier alpha value is -1.43. The number of esters is 1. The lowest BCUT2D eigenvalue weighted by molar-refractivity contribution is -0.156. The van der Waals surface area contributed by atoms with E-state index in [4.69, 9.17) is 4.74 Å². The Morgan fingerprint density at radius 2 is 2.00 bits per heavy atom. The zero-order valence-corrected chi connectivity index (χ0v) is 14.5. The number of nitrogens with zero attached hydrogens (tertiary/aromatic N) is 1. The van der Waals surface area contributed by atoms with Gasteiger partial charge in [-0.25, -0.2) is 4.98 Å². The summed E-state index contributed by atoms with van der Waals surface area (Å²) in [6, 6.07) is 0. The molecule has 0 saturated carbocycles. The SMILES string of the molecule is CC(=O)Nc1nc2c(s1)CCC(CC(=O)OC(C)(C)C)CC2. The number of rotatable bonds is 3. The molecule has 0 aliphatic heterocycles. The highest BCUT2D eigenvalue weighted by molar-refractivity contribution is 7.15. The van der Waals surface area contributed by atoms with Gasteiger partial charge in [0.05, 0.1) is 5.69 Å². The minimum atomic E-state index is -0.421. The van der Waals surface area contributed by atoms with Gasteiger partial charge in [0.2, 0.25) is 5.91 Å². The Morgan fingerprint density at radius 1 is 1.32 bits per heavy atom. The first kappa shape index (κ1) is 16.9. The van der Waals surface area contributed by atoms with Gasteiger partial charge >= 0.3 is 5.97 Å². The average Bonchev–Trinajstić information content (AvgIpc) is 2.62. The van der Waals surface area contributed by atoms with Gasteiger partial charge < -0.3 is 10.1 Å². The molecule has 1 atom stereocenters. The normalized spacial score (nSPS) is 18.3. The number of carbonyl (C=O) groups is 2. The van der Waals surface area contributed by atoms with Crippen molar-refractivity contribution in [1.82, 2.24) is 4.98 Å². The summed E-state index contributed by atoms with van der Waals surface area (Å²) >= 11 is 1.55. The van der Waals surface area contributed by atoms with Gasteiger partial charge in [-0.3, -0.25) is 9.59 Å². The van der Waals surface area contributed by atoms with E-state index >= 15 is 0 Å². The number of hydrogen-bond acceptors (Lipinski definition) is 5. The first-order chi connectivity index (χ1) is 10.2. The highest BCUT2D eigenvalue weighted by atomic mass is 32.1. The molecular weight excluding hydrogens is 300 g/mol. The van der Waals surface area contributed by atoms with Gasteiger partial charge in [-0.2, -0.15) is 0 Å². The van der Waals surface area contributed by atoms with Crippen LogP contribution in [0.15, 0.2) is 0 Å². The molecule has 0 saturated heterocycles. The fourth-order valence-electron chi connectivity index (χ4n) is 2.62. The highest BCUT2D eigenvalue weighted by Gasteiger charge is 2.24. The summed E-state index contributed by atoms with van der Waals surface area (Å²) in [5.41, 5.74) is 0.648. The van der Waals surface area contributed by atoms with Crippen LogP contribution in [0.5, 0.6) is 0 Å². The molecule has 22 heavy (non-hydrogen) atoms. The van der Waals surface area contributed by atoms with E-state index in [-0.39, 0.29) is 11.9 Å². The van der Waals surface area contributed by atoms with Gasteiger partial charge in [0.1, 0.15) is 5.60 Å². The summed E-state index contributed by atoms with van der Waals surface area (Å²) in [5, 5.41) is 3.43. The third-order valence-corrected chi connectivity index (χ3v) is 4.58. The standard InChI is InChI=1S/C16H24N2O3S/c1-10(19)17-15-18-12-7-5-11(6-8-13(12)22-15)9-14(20)21-16(2,3)4/h11H,5-9H2,1-4H3,(H,17,18,19). The Morgan fingerprint density at radius 3 is 2.64 bits per heavy atom. The van der Waals surface area contributed by atoms with Crippen molar-refractivity contribution in [2.45, 2.75) is 65.4 Å². The zero-order chi connectivity index (χ0) is 16.3. The van der Waals surface area contributed by atoms with Crippen LogP contribution in [0, 0.1) is 5.92 Å². The minimum Gasteiger partial charge on any atom is -0.460 e. The van der Waals surface area contributed by atoms with Gasteiger partial charge in [-0.05, 0) is 52.4 Å². The van der Waals surface area contributed by atoms with E-state index < -0.39 is 5.60 Å². The van der Waals surface area contributed by atoms with Crippen molar-refractivity contribution in [2.75, 3.05) is 5.32 Å². The van der Waals surface area contributed by atoms with Crippen molar-refractivity contribution >= 4 is 28.3 Å². The molecule has 6 heteroatoms. The minimum absolute atomic E-state index is 0.0910. The van der Waals surface area contributed by atoms with E-state index in [0.29, 0.717) is 17.5 Å². The maximum absolute atomic E-state index is 11.9. The van der Waals surface area contributed by atoms with Crippen molar-refractivity contribution in [3.05, 3.63) is 10.6 Å². The number of aryl methyl sites for hydroxylation is 2. The average molecular weight is 324 g/mol. The third-order valence-electron chi connectivity index (χ3n) is 3.51. The molecule has 1 aliphatic rings. The van der Waals surface area contributed by atoms with Crippen LogP contribution in [0.2, 0.25) is 0 Å². The summed E-state index contributed by atoms with van der Waals surface area (Å²) in [6.07, 6.45) is 4.16. The lowest BCUT2D eigenvalue weighted by atomic mass is 9.96. The molecule has 0 aromatic carbocycles. The Labute approximate surface area is 135 Å². The molecule has 1 aliphatic carbocycles. The number of carbonyl (C=O) groups excluding carboxylic acids is 2. The van der Waals surface area contributed by atoms with Crippen LogP contribution in [-0.4, -0.2) is 22.5 Å². The van der Waals surface area contributed by atoms with Gasteiger partial charge in [0.15, 0.2) is 5.13 Å². The number of anilines is 1. The van der Waals surface area contributed by atoms with Gasteiger partial charge in [-0.1, -0.05) is 0 Å². The summed E-state index contributed by atoms with van der Waals surface area (Å²) in [5.74, 6) is 0.141.